The Morgan fingerprint density at radius 3 is 2.79 bits per heavy atom. The number of aromatic carboxylic acids is 1. The molecule has 2 amide bonds. The van der Waals surface area contributed by atoms with Gasteiger partial charge in [0, 0.05) is 19.2 Å². The van der Waals surface area contributed by atoms with Crippen LogP contribution in [0.2, 0.25) is 0 Å². The predicted octanol–water partition coefficient (Wildman–Crippen LogP) is -0.277. The molecule has 1 aliphatic rings. The first-order valence-electron chi connectivity index (χ1n) is 5.64. The van der Waals surface area contributed by atoms with Crippen LogP contribution in [0.1, 0.15) is 34.9 Å². The number of aromatic nitrogens is 1. The highest BCUT2D eigenvalue weighted by Gasteiger charge is 2.41. The van der Waals surface area contributed by atoms with Gasteiger partial charge in [0.05, 0.1) is 0 Å². The molecular weight excluding hydrogens is 254 g/mol. The summed E-state index contributed by atoms with van der Waals surface area (Å²) in [5, 5.41) is 14.8. The summed E-state index contributed by atoms with van der Waals surface area (Å²) in [4.78, 5) is 36.0. The number of nitrogens with one attached hydrogen (secondary N) is 1. The second kappa shape index (κ2) is 4.38. The molecule has 0 aromatic carbocycles. The Bertz CT molecular complexity index is 548. The second-order valence-electron chi connectivity index (χ2n) is 4.65. The molecule has 0 atom stereocenters. The van der Waals surface area contributed by atoms with Crippen molar-refractivity contribution in [1.29, 1.82) is 0 Å². The lowest BCUT2D eigenvalue weighted by atomic mass is 9.98. The van der Waals surface area contributed by atoms with Gasteiger partial charge in [-0.2, -0.15) is 0 Å². The van der Waals surface area contributed by atoms with Gasteiger partial charge in [0.1, 0.15) is 5.54 Å². The van der Waals surface area contributed by atoms with Gasteiger partial charge in [0.25, 0.3) is 5.91 Å². The number of rotatable bonds is 2. The third-order valence-corrected chi connectivity index (χ3v) is 3.04. The van der Waals surface area contributed by atoms with Crippen LogP contribution in [0.25, 0.3) is 0 Å². The molecule has 102 valence electrons. The molecule has 0 radical (unpaired) electrons. The second-order valence-corrected chi connectivity index (χ2v) is 4.65. The lowest BCUT2D eigenvalue weighted by molar-refractivity contribution is -0.133. The maximum absolute atomic E-state index is 12.2. The Hall–Kier alpha value is -2.38. The number of amides is 2. The number of hydrogen-bond donors (Lipinski definition) is 2. The molecule has 1 aliphatic heterocycles. The van der Waals surface area contributed by atoms with Crippen molar-refractivity contribution >= 4 is 17.8 Å². The molecule has 1 aromatic heterocycles. The number of nitrogens with zero attached hydrogens (tertiary/aromatic N) is 2. The molecule has 2 rings (SSSR count). The van der Waals surface area contributed by atoms with E-state index in [9.17, 15) is 14.4 Å². The average Bonchev–Trinajstić information content (AvgIpc) is 2.81. The fraction of sp³-hybridized carbons (Fsp3) is 0.455. The summed E-state index contributed by atoms with van der Waals surface area (Å²) in [5.74, 6) is -2.52. The van der Waals surface area contributed by atoms with E-state index in [0.717, 1.165) is 6.07 Å². The van der Waals surface area contributed by atoms with E-state index in [4.69, 9.17) is 5.11 Å². The minimum Gasteiger partial charge on any atom is -0.475 e. The number of piperazine rings is 1. The number of hydrogen-bond acceptors (Lipinski definition) is 5. The van der Waals surface area contributed by atoms with Crippen molar-refractivity contribution in [2.75, 3.05) is 13.1 Å². The molecule has 0 spiro atoms. The zero-order valence-electron chi connectivity index (χ0n) is 10.5. The Morgan fingerprint density at radius 1 is 1.53 bits per heavy atom. The summed E-state index contributed by atoms with van der Waals surface area (Å²) in [6.45, 7) is 3.89. The van der Waals surface area contributed by atoms with E-state index < -0.39 is 23.2 Å². The van der Waals surface area contributed by atoms with Crippen molar-refractivity contribution in [1.82, 2.24) is 15.4 Å². The van der Waals surface area contributed by atoms with Gasteiger partial charge in [-0.3, -0.25) is 9.59 Å². The molecule has 0 aliphatic carbocycles. The summed E-state index contributed by atoms with van der Waals surface area (Å²) < 4.78 is 4.54. The molecule has 1 fully saturated rings. The lowest BCUT2D eigenvalue weighted by Crippen LogP contribution is -2.63. The van der Waals surface area contributed by atoms with E-state index in [-0.39, 0.29) is 11.6 Å². The molecule has 1 aromatic rings. The Balaban J connectivity index is 2.27. The summed E-state index contributed by atoms with van der Waals surface area (Å²) in [6.07, 6.45) is 0. The summed E-state index contributed by atoms with van der Waals surface area (Å²) in [6, 6.07) is 1.05. The van der Waals surface area contributed by atoms with E-state index in [1.165, 1.54) is 4.90 Å². The van der Waals surface area contributed by atoms with Crippen LogP contribution >= 0.6 is 0 Å². The van der Waals surface area contributed by atoms with E-state index in [0.29, 0.717) is 13.1 Å². The molecule has 8 heteroatoms. The van der Waals surface area contributed by atoms with Crippen LogP contribution in [0.5, 0.6) is 0 Å². The summed E-state index contributed by atoms with van der Waals surface area (Å²) in [7, 11) is 0. The number of carboxylic acid groups (broad SMARTS) is 1. The van der Waals surface area contributed by atoms with Crippen molar-refractivity contribution < 1.29 is 24.0 Å². The van der Waals surface area contributed by atoms with Crippen molar-refractivity contribution in [2.24, 2.45) is 0 Å². The quantitative estimate of drug-likeness (QED) is 0.762. The van der Waals surface area contributed by atoms with Crippen molar-refractivity contribution in [3.63, 3.8) is 0 Å². The van der Waals surface area contributed by atoms with Crippen LogP contribution in [0.3, 0.4) is 0 Å². The molecule has 1 saturated heterocycles. The van der Waals surface area contributed by atoms with E-state index in [1.807, 2.05) is 0 Å². The molecule has 2 heterocycles. The molecule has 2 N–H and O–H groups in total. The number of carbonyl (C=O) groups excluding carboxylic acids is 2. The monoisotopic (exact) mass is 267 g/mol. The molecule has 0 saturated carbocycles. The SMILES string of the molecule is CC1(C)C(=O)NCCN1C(=O)c1cc(C(=O)O)on1. The van der Waals surface area contributed by atoms with Crippen LogP contribution in [0.15, 0.2) is 10.6 Å². The number of carbonyl (C=O) groups is 3. The number of carboxylic acids is 1. The topological polar surface area (TPSA) is 113 Å². The highest BCUT2D eigenvalue weighted by molar-refractivity contribution is 5.99. The summed E-state index contributed by atoms with van der Waals surface area (Å²) in [5.41, 5.74) is -1.14. The Labute approximate surface area is 108 Å². The highest BCUT2D eigenvalue weighted by Crippen LogP contribution is 2.20. The van der Waals surface area contributed by atoms with Gasteiger partial charge in [-0.15, -0.1) is 0 Å². The predicted molar refractivity (Wildman–Crippen MR) is 61.6 cm³/mol. The molecule has 0 bridgehead atoms. The van der Waals surface area contributed by atoms with E-state index in [2.05, 4.69) is 15.0 Å². The average molecular weight is 267 g/mol. The standard InChI is InChI=1S/C11H13N3O5/c1-11(2)10(18)12-3-4-14(11)8(15)6-5-7(9(16)17)19-13-6/h5H,3-4H2,1-2H3,(H,12,18)(H,16,17). The van der Waals surface area contributed by atoms with Gasteiger partial charge in [0.15, 0.2) is 5.69 Å². The normalized spacial score (nSPS) is 18.0. The molecule has 19 heavy (non-hydrogen) atoms. The van der Waals surface area contributed by atoms with Crippen LogP contribution in [0.4, 0.5) is 0 Å². The van der Waals surface area contributed by atoms with Gasteiger partial charge in [-0.05, 0) is 13.8 Å². The van der Waals surface area contributed by atoms with Gasteiger partial charge in [-0.25, -0.2) is 4.79 Å². The molecule has 8 nitrogen and oxygen atoms in total. The van der Waals surface area contributed by atoms with E-state index in [1.54, 1.807) is 13.8 Å². The Morgan fingerprint density at radius 2 is 2.21 bits per heavy atom. The van der Waals surface area contributed by atoms with Crippen LogP contribution in [0, 0.1) is 0 Å². The zero-order chi connectivity index (χ0) is 14.2. The Kier molecular flexibility index (Phi) is 3.01. The largest absolute Gasteiger partial charge is 0.475 e. The minimum atomic E-state index is -1.30. The first kappa shape index (κ1) is 13.1. The maximum Gasteiger partial charge on any atom is 0.374 e. The fourth-order valence-electron chi connectivity index (χ4n) is 1.87. The van der Waals surface area contributed by atoms with Crippen LogP contribution in [-0.4, -0.2) is 51.6 Å². The first-order valence-corrected chi connectivity index (χ1v) is 5.64. The van der Waals surface area contributed by atoms with Crippen molar-refractivity contribution in [3.05, 3.63) is 17.5 Å². The van der Waals surface area contributed by atoms with Crippen LogP contribution in [-0.2, 0) is 4.79 Å². The molecular formula is C11H13N3O5. The highest BCUT2D eigenvalue weighted by atomic mass is 16.5. The zero-order valence-corrected chi connectivity index (χ0v) is 10.5. The van der Waals surface area contributed by atoms with Crippen molar-refractivity contribution in [3.8, 4) is 0 Å². The van der Waals surface area contributed by atoms with E-state index >= 15 is 0 Å². The third-order valence-electron chi connectivity index (χ3n) is 3.04. The minimum absolute atomic E-state index is 0.125. The smallest absolute Gasteiger partial charge is 0.374 e. The maximum atomic E-state index is 12.2. The molecule has 0 unspecified atom stereocenters. The first-order chi connectivity index (χ1) is 8.84. The third kappa shape index (κ3) is 2.16. The lowest BCUT2D eigenvalue weighted by Gasteiger charge is -2.40. The van der Waals surface area contributed by atoms with Crippen LogP contribution < -0.4 is 5.32 Å². The van der Waals surface area contributed by atoms with Gasteiger partial charge in [-0.1, -0.05) is 5.16 Å². The fourth-order valence-corrected chi connectivity index (χ4v) is 1.87. The summed E-state index contributed by atoms with van der Waals surface area (Å²) >= 11 is 0. The van der Waals surface area contributed by atoms with Crippen molar-refractivity contribution in [2.45, 2.75) is 19.4 Å². The van der Waals surface area contributed by atoms with Gasteiger partial charge < -0.3 is 19.8 Å². The van der Waals surface area contributed by atoms with Gasteiger partial charge in [0.2, 0.25) is 11.7 Å². The van der Waals surface area contributed by atoms with Gasteiger partial charge >= 0.3 is 5.97 Å².